The second kappa shape index (κ2) is 21.0. The van der Waals surface area contributed by atoms with E-state index in [2.05, 4.69) is 35.2 Å². The number of allylic oxidation sites excluding steroid dienone is 2. The maximum absolute atomic E-state index is 13.0. The number of aromatic hydroxyl groups is 1. The molecule has 3 aromatic carbocycles. The van der Waals surface area contributed by atoms with Crippen LogP contribution in [0.15, 0.2) is 96.1 Å². The molecule has 8 N–H and O–H groups in total. The Bertz CT molecular complexity index is 2090. The molecule has 0 atom stereocenters. The first kappa shape index (κ1) is 44.6. The molecule has 4 amide bonds. The van der Waals surface area contributed by atoms with E-state index in [4.69, 9.17) is 21.9 Å². The largest absolute Gasteiger partial charge is 0.507 e. The zero-order valence-electron chi connectivity index (χ0n) is 35.9. The summed E-state index contributed by atoms with van der Waals surface area (Å²) in [4.78, 5) is 47.8. The van der Waals surface area contributed by atoms with E-state index in [1.165, 1.54) is 0 Å². The molecule has 0 aromatic heterocycles. The highest BCUT2D eigenvalue weighted by atomic mass is 16.5. The SMILES string of the molecule is C/C(=C/c1ccccc1N1CCC(=O)NC1=O)N(C)C1CCN(CC2CCN(C(=O)c3ccccc3C)CC2)CC1.NC(N)=C(/C=C(\N)c1ccccc1O)N1CCOCC1. The molecule has 4 saturated heterocycles. The van der Waals surface area contributed by atoms with Gasteiger partial charge in [-0.3, -0.25) is 19.8 Å². The van der Waals surface area contributed by atoms with Crippen LogP contribution in [0.5, 0.6) is 5.75 Å². The van der Waals surface area contributed by atoms with E-state index in [1.807, 2.05) is 65.3 Å². The number of carbonyl (C=O) groups excluding carboxylic acids is 3. The Morgan fingerprint density at radius 2 is 1.48 bits per heavy atom. The highest BCUT2D eigenvalue weighted by Gasteiger charge is 2.29. The number of morpholine rings is 1. The molecule has 3 aromatic rings. The quantitative estimate of drug-likeness (QED) is 0.176. The number of hydrogen-bond acceptors (Lipinski definition) is 11. The van der Waals surface area contributed by atoms with Crippen LogP contribution < -0.4 is 27.4 Å². The molecule has 0 spiro atoms. The third kappa shape index (κ3) is 11.6. The first-order chi connectivity index (χ1) is 29.4. The number of piperidine rings is 2. The summed E-state index contributed by atoms with van der Waals surface area (Å²) < 4.78 is 5.30. The van der Waals surface area contributed by atoms with Gasteiger partial charge in [-0.2, -0.15) is 0 Å². The number of phenols is 1. The Morgan fingerprint density at radius 1 is 0.836 bits per heavy atom. The number of nitrogens with two attached hydrogens (primary N) is 3. The van der Waals surface area contributed by atoms with Crippen LogP contribution >= 0.6 is 0 Å². The summed E-state index contributed by atoms with van der Waals surface area (Å²) in [6, 6.07) is 22.7. The van der Waals surface area contributed by atoms with Crippen molar-refractivity contribution < 1.29 is 24.2 Å². The zero-order valence-corrected chi connectivity index (χ0v) is 35.9. The predicted molar refractivity (Wildman–Crippen MR) is 241 cm³/mol. The standard InChI is InChI=1S/C33H43N5O3.C14H20N4O2/c1-24-8-4-6-10-29(24)32(40)37-19-12-26(13-20-37)23-36-17-14-28(15-18-36)35(3)25(2)22-27-9-5-7-11-30(27)38-21-16-31(39)34-33(38)41;15-11(10-3-1-2-4-13(10)19)9-12(14(16)17)18-5-7-20-8-6-18/h4-11,22,26,28H,12-21,23H2,1-3H3,(H,34,39,41);1-4,9,19H,5-8,15-17H2/b25-22-;11-9-. The van der Waals surface area contributed by atoms with E-state index in [1.54, 1.807) is 35.2 Å². The molecule has 4 aliphatic rings. The molecule has 14 heteroatoms. The van der Waals surface area contributed by atoms with Crippen molar-refractivity contribution in [2.75, 3.05) is 77.5 Å². The van der Waals surface area contributed by atoms with Gasteiger partial charge in [0.2, 0.25) is 5.91 Å². The van der Waals surface area contributed by atoms with Crippen molar-refractivity contribution in [3.63, 3.8) is 0 Å². The van der Waals surface area contributed by atoms with Crippen molar-refractivity contribution in [2.45, 2.75) is 52.0 Å². The van der Waals surface area contributed by atoms with Gasteiger partial charge >= 0.3 is 6.03 Å². The third-order valence-electron chi connectivity index (χ3n) is 12.3. The van der Waals surface area contributed by atoms with Crippen molar-refractivity contribution in [1.82, 2.24) is 24.9 Å². The number of benzene rings is 3. The van der Waals surface area contributed by atoms with Crippen molar-refractivity contribution in [3.8, 4) is 5.75 Å². The van der Waals surface area contributed by atoms with E-state index in [9.17, 15) is 19.5 Å². The highest BCUT2D eigenvalue weighted by molar-refractivity contribution is 6.06. The van der Waals surface area contributed by atoms with Gasteiger partial charge in [0, 0.05) is 94.4 Å². The Labute approximate surface area is 360 Å². The maximum atomic E-state index is 13.0. The fraction of sp³-hybridized carbons (Fsp3) is 0.426. The van der Waals surface area contributed by atoms with Gasteiger partial charge in [0.15, 0.2) is 0 Å². The first-order valence-corrected chi connectivity index (χ1v) is 21.4. The Balaban J connectivity index is 0.000000260. The number of carbonyl (C=O) groups is 3. The summed E-state index contributed by atoms with van der Waals surface area (Å²) in [5, 5.41) is 12.2. The predicted octanol–water partition coefficient (Wildman–Crippen LogP) is 4.86. The van der Waals surface area contributed by atoms with Gasteiger partial charge in [-0.25, -0.2) is 4.79 Å². The van der Waals surface area contributed by atoms with Crippen LogP contribution in [0.3, 0.4) is 0 Å². The summed E-state index contributed by atoms with van der Waals surface area (Å²) in [5.41, 5.74) is 24.0. The van der Waals surface area contributed by atoms with Crippen LogP contribution in [0.4, 0.5) is 10.5 Å². The van der Waals surface area contributed by atoms with Crippen molar-refractivity contribution >= 4 is 35.3 Å². The van der Waals surface area contributed by atoms with Crippen LogP contribution in [0.25, 0.3) is 11.8 Å². The van der Waals surface area contributed by atoms with Gasteiger partial charge in [0.1, 0.15) is 11.6 Å². The molecule has 0 bridgehead atoms. The summed E-state index contributed by atoms with van der Waals surface area (Å²) in [6.45, 7) is 12.2. The number of imide groups is 1. The number of aryl methyl sites for hydroxylation is 1. The van der Waals surface area contributed by atoms with Crippen LogP contribution in [0, 0.1) is 12.8 Å². The molecule has 4 aliphatic heterocycles. The lowest BCUT2D eigenvalue weighted by atomic mass is 9.93. The van der Waals surface area contributed by atoms with E-state index < -0.39 is 0 Å². The Kier molecular flexibility index (Phi) is 15.3. The average molecular weight is 834 g/mol. The number of para-hydroxylation sites is 2. The average Bonchev–Trinajstić information content (AvgIpc) is 3.26. The number of hydrogen-bond donors (Lipinski definition) is 5. The second-order valence-electron chi connectivity index (χ2n) is 16.3. The van der Waals surface area contributed by atoms with E-state index in [-0.39, 0.29) is 29.4 Å². The fourth-order valence-corrected chi connectivity index (χ4v) is 8.52. The number of urea groups is 1. The number of amides is 4. The van der Waals surface area contributed by atoms with E-state index >= 15 is 0 Å². The molecule has 4 fully saturated rings. The highest BCUT2D eigenvalue weighted by Crippen LogP contribution is 2.29. The normalized spacial score (nSPS) is 18.6. The molecule has 0 unspecified atom stereocenters. The van der Waals surface area contributed by atoms with Gasteiger partial charge in [-0.15, -0.1) is 0 Å². The van der Waals surface area contributed by atoms with Gasteiger partial charge in [0.05, 0.1) is 24.6 Å². The van der Waals surface area contributed by atoms with E-state index in [0.29, 0.717) is 68.2 Å². The summed E-state index contributed by atoms with van der Waals surface area (Å²) in [7, 11) is 2.17. The van der Waals surface area contributed by atoms with Crippen LogP contribution in [0.1, 0.15) is 66.1 Å². The smallest absolute Gasteiger partial charge is 0.328 e. The lowest BCUT2D eigenvalue weighted by Crippen LogP contribution is -2.49. The molecule has 61 heavy (non-hydrogen) atoms. The number of nitrogens with one attached hydrogen (secondary N) is 1. The topological polar surface area (TPSA) is 187 Å². The molecule has 0 aliphatic carbocycles. The molecular weight excluding hydrogens is 771 g/mol. The van der Waals surface area contributed by atoms with Crippen molar-refractivity contribution in [1.29, 1.82) is 0 Å². The van der Waals surface area contributed by atoms with Crippen molar-refractivity contribution in [2.24, 2.45) is 23.1 Å². The molecule has 7 rings (SSSR count). The first-order valence-electron chi connectivity index (χ1n) is 21.4. The fourth-order valence-electron chi connectivity index (χ4n) is 8.52. The summed E-state index contributed by atoms with van der Waals surface area (Å²) in [5.74, 6) is 0.917. The lowest BCUT2D eigenvalue weighted by molar-refractivity contribution is -0.120. The Hall–Kier alpha value is -5.99. The minimum absolute atomic E-state index is 0.123. The van der Waals surface area contributed by atoms with Gasteiger partial charge < -0.3 is 46.6 Å². The minimum Gasteiger partial charge on any atom is -0.507 e. The van der Waals surface area contributed by atoms with Crippen LogP contribution in [0.2, 0.25) is 0 Å². The number of ether oxygens (including phenoxy) is 1. The lowest BCUT2D eigenvalue weighted by Gasteiger charge is -2.40. The third-order valence-corrected chi connectivity index (χ3v) is 12.3. The molecule has 0 radical (unpaired) electrons. The monoisotopic (exact) mass is 833 g/mol. The van der Waals surface area contributed by atoms with Gasteiger partial charge in [-0.1, -0.05) is 48.5 Å². The summed E-state index contributed by atoms with van der Waals surface area (Å²) in [6.07, 6.45) is 8.53. The molecule has 4 heterocycles. The molecule has 326 valence electrons. The summed E-state index contributed by atoms with van der Waals surface area (Å²) >= 11 is 0. The second-order valence-corrected chi connectivity index (χ2v) is 16.3. The maximum Gasteiger partial charge on any atom is 0.328 e. The number of nitrogens with zero attached hydrogens (tertiary/aromatic N) is 5. The number of likely N-dealkylation sites (tertiary alicyclic amines) is 2. The number of anilines is 1. The zero-order chi connectivity index (χ0) is 43.5. The molecule has 14 nitrogen and oxygen atoms in total. The molecular formula is C47H63N9O5. The van der Waals surface area contributed by atoms with E-state index in [0.717, 1.165) is 86.5 Å². The van der Waals surface area contributed by atoms with Crippen LogP contribution in [-0.4, -0.2) is 121 Å². The Morgan fingerprint density at radius 3 is 2.13 bits per heavy atom. The minimum atomic E-state index is -0.357. The van der Waals surface area contributed by atoms with Crippen molar-refractivity contribution in [3.05, 3.63) is 118 Å². The molecule has 0 saturated carbocycles. The van der Waals surface area contributed by atoms with Gasteiger partial charge in [-0.05, 0) is 93.0 Å². The van der Waals surface area contributed by atoms with Crippen LogP contribution in [-0.2, 0) is 9.53 Å². The number of phenolic OH excluding ortho intramolecular Hbond substituents is 1. The number of rotatable bonds is 10. The van der Waals surface area contributed by atoms with Gasteiger partial charge in [0.25, 0.3) is 5.91 Å².